The normalized spacial score (nSPS) is 23.7. The summed E-state index contributed by atoms with van der Waals surface area (Å²) in [6.45, 7) is 5.72. The van der Waals surface area contributed by atoms with Gasteiger partial charge in [-0.25, -0.2) is 0 Å². The summed E-state index contributed by atoms with van der Waals surface area (Å²) in [5.74, 6) is 2.06. The van der Waals surface area contributed by atoms with E-state index in [2.05, 4.69) is 44.7 Å². The van der Waals surface area contributed by atoms with Crippen LogP contribution in [-0.4, -0.2) is 60.2 Å². The van der Waals surface area contributed by atoms with Gasteiger partial charge in [0.25, 0.3) is 0 Å². The highest BCUT2D eigenvalue weighted by Crippen LogP contribution is 2.30. The van der Waals surface area contributed by atoms with Crippen LogP contribution in [-0.2, 0) is 0 Å². The van der Waals surface area contributed by atoms with E-state index in [4.69, 9.17) is 16.6 Å². The van der Waals surface area contributed by atoms with E-state index in [1.54, 1.807) is 11.5 Å². The van der Waals surface area contributed by atoms with Crippen LogP contribution in [0.15, 0.2) is 24.3 Å². The second kappa shape index (κ2) is 9.37. The van der Waals surface area contributed by atoms with Gasteiger partial charge in [0.05, 0.1) is 4.70 Å². The Bertz CT molecular complexity index is 776. The summed E-state index contributed by atoms with van der Waals surface area (Å²) in [5, 5.41) is 8.54. The van der Waals surface area contributed by atoms with Crippen LogP contribution in [0.5, 0.6) is 0 Å². The average Bonchev–Trinajstić information content (AvgIpc) is 3.18. The molecule has 2 aliphatic rings. The number of nitrogens with one attached hydrogen (secondary N) is 2. The summed E-state index contributed by atoms with van der Waals surface area (Å²) in [6, 6.07) is 9.15. The van der Waals surface area contributed by atoms with Gasteiger partial charge in [-0.2, -0.15) is 4.37 Å². The van der Waals surface area contributed by atoms with Crippen LogP contribution in [0.1, 0.15) is 32.1 Å². The zero-order valence-electron chi connectivity index (χ0n) is 16.7. The predicted octanol–water partition coefficient (Wildman–Crippen LogP) is 3.46. The first-order valence-electron chi connectivity index (χ1n) is 10.5. The number of anilines is 1. The van der Waals surface area contributed by atoms with Gasteiger partial charge in [0.2, 0.25) is 0 Å². The minimum atomic E-state index is 0.563. The van der Waals surface area contributed by atoms with Gasteiger partial charge in [0.15, 0.2) is 5.11 Å². The molecule has 0 amide bonds. The van der Waals surface area contributed by atoms with Crippen molar-refractivity contribution < 1.29 is 0 Å². The maximum Gasteiger partial charge on any atom is 0.166 e. The fourth-order valence-electron chi connectivity index (χ4n) is 4.50. The molecule has 7 heteroatoms. The summed E-state index contributed by atoms with van der Waals surface area (Å²) < 4.78 is 6.02. The van der Waals surface area contributed by atoms with Crippen molar-refractivity contribution in [3.63, 3.8) is 0 Å². The van der Waals surface area contributed by atoms with E-state index in [9.17, 15) is 0 Å². The Morgan fingerprint density at radius 1 is 1.14 bits per heavy atom. The van der Waals surface area contributed by atoms with E-state index in [1.165, 1.54) is 54.6 Å². The van der Waals surface area contributed by atoms with Crippen molar-refractivity contribution in [3.8, 4) is 0 Å². The van der Waals surface area contributed by atoms with E-state index in [0.717, 1.165) is 37.2 Å². The monoisotopic (exact) mass is 417 g/mol. The molecule has 1 aromatic carbocycles. The molecule has 1 saturated heterocycles. The van der Waals surface area contributed by atoms with Crippen molar-refractivity contribution in [2.45, 2.75) is 38.1 Å². The van der Waals surface area contributed by atoms with Crippen molar-refractivity contribution in [1.29, 1.82) is 0 Å². The topological polar surface area (TPSA) is 43.4 Å². The van der Waals surface area contributed by atoms with Crippen LogP contribution in [0, 0.1) is 5.92 Å². The van der Waals surface area contributed by atoms with Crippen molar-refractivity contribution in [1.82, 2.24) is 19.9 Å². The molecule has 2 heterocycles. The molecule has 5 nitrogen and oxygen atoms in total. The maximum atomic E-state index is 5.23. The standard InChI is InChI=1S/C21H31N5S2/c1-22-21(27)23-17-8-6-16(7-9-17)10-11-25-12-14-26(15-13-25)20-18-4-2-3-5-19(18)28-24-20/h2-5,16-17H,6-15H2,1H3,(H2,22,23,27)/t16-,17+. The van der Waals surface area contributed by atoms with Crippen molar-refractivity contribution in [2.75, 3.05) is 44.7 Å². The predicted molar refractivity (Wildman–Crippen MR) is 123 cm³/mol. The van der Waals surface area contributed by atoms with Crippen LogP contribution < -0.4 is 15.5 Å². The first-order valence-corrected chi connectivity index (χ1v) is 11.7. The fourth-order valence-corrected chi connectivity index (χ4v) is 5.46. The minimum Gasteiger partial charge on any atom is -0.366 e. The third-order valence-corrected chi connectivity index (χ3v) is 7.43. The van der Waals surface area contributed by atoms with Gasteiger partial charge in [-0.3, -0.25) is 4.90 Å². The third-order valence-electron chi connectivity index (χ3n) is 6.29. The lowest BCUT2D eigenvalue weighted by atomic mass is 9.84. The Hall–Kier alpha value is -1.44. The molecule has 2 N–H and O–H groups in total. The van der Waals surface area contributed by atoms with Crippen LogP contribution in [0.2, 0.25) is 0 Å². The Morgan fingerprint density at radius 3 is 2.64 bits per heavy atom. The summed E-state index contributed by atoms with van der Waals surface area (Å²) in [5.41, 5.74) is 0. The lowest BCUT2D eigenvalue weighted by molar-refractivity contribution is 0.214. The van der Waals surface area contributed by atoms with Crippen LogP contribution in [0.4, 0.5) is 5.82 Å². The first-order chi connectivity index (χ1) is 13.7. The van der Waals surface area contributed by atoms with Gasteiger partial charge >= 0.3 is 0 Å². The van der Waals surface area contributed by atoms with Gasteiger partial charge in [-0.15, -0.1) is 0 Å². The van der Waals surface area contributed by atoms with Crippen molar-refractivity contribution >= 4 is 44.8 Å². The molecule has 4 rings (SSSR count). The smallest absolute Gasteiger partial charge is 0.166 e. The number of thiocarbonyl (C=S) groups is 1. The van der Waals surface area contributed by atoms with Gasteiger partial charge in [0.1, 0.15) is 5.82 Å². The minimum absolute atomic E-state index is 0.563. The summed E-state index contributed by atoms with van der Waals surface area (Å²) in [6.07, 6.45) is 6.49. The van der Waals surface area contributed by atoms with Crippen LogP contribution in [0.25, 0.3) is 10.1 Å². The quantitative estimate of drug-likeness (QED) is 0.727. The van der Waals surface area contributed by atoms with Crippen molar-refractivity contribution in [3.05, 3.63) is 24.3 Å². The van der Waals surface area contributed by atoms with E-state index >= 15 is 0 Å². The second-order valence-corrected chi connectivity index (χ2v) is 9.27. The highest BCUT2D eigenvalue weighted by Gasteiger charge is 2.24. The van der Waals surface area contributed by atoms with Gasteiger partial charge in [0, 0.05) is 44.7 Å². The van der Waals surface area contributed by atoms with Gasteiger partial charge in [-0.05, 0) is 80.4 Å². The Labute approximate surface area is 177 Å². The Morgan fingerprint density at radius 2 is 1.89 bits per heavy atom. The lowest BCUT2D eigenvalue weighted by Gasteiger charge is -2.36. The molecule has 152 valence electrons. The summed E-state index contributed by atoms with van der Waals surface area (Å²) >= 11 is 6.85. The SMILES string of the molecule is CNC(=S)N[C@H]1CC[C@@H](CCN2CCN(c3nsc4ccccc34)CC2)CC1. The molecular formula is C21H31N5S2. The molecule has 1 aromatic heterocycles. The number of fused-ring (bicyclic) bond motifs is 1. The second-order valence-electron chi connectivity index (χ2n) is 8.06. The Kier molecular flexibility index (Phi) is 6.65. The Balaban J connectivity index is 1.19. The number of hydrogen-bond donors (Lipinski definition) is 2. The number of nitrogens with zero attached hydrogens (tertiary/aromatic N) is 3. The lowest BCUT2D eigenvalue weighted by Crippen LogP contribution is -2.47. The molecule has 0 unspecified atom stereocenters. The zero-order valence-corrected chi connectivity index (χ0v) is 18.3. The number of piperazine rings is 1. The molecule has 28 heavy (non-hydrogen) atoms. The fraction of sp³-hybridized carbons (Fsp3) is 0.619. The largest absolute Gasteiger partial charge is 0.366 e. The molecule has 0 bridgehead atoms. The number of hydrogen-bond acceptors (Lipinski definition) is 5. The zero-order chi connectivity index (χ0) is 19.3. The molecule has 2 aromatic rings. The molecular weight excluding hydrogens is 386 g/mol. The molecule has 2 fully saturated rings. The van der Waals surface area contributed by atoms with E-state index in [-0.39, 0.29) is 0 Å². The highest BCUT2D eigenvalue weighted by molar-refractivity contribution is 7.80. The number of benzene rings is 1. The van der Waals surface area contributed by atoms with Crippen LogP contribution in [0.3, 0.4) is 0 Å². The van der Waals surface area contributed by atoms with E-state index in [1.807, 2.05) is 7.05 Å². The molecule has 0 radical (unpaired) electrons. The van der Waals surface area contributed by atoms with E-state index in [0.29, 0.717) is 6.04 Å². The maximum absolute atomic E-state index is 5.23. The van der Waals surface area contributed by atoms with Gasteiger partial charge in [-0.1, -0.05) is 12.1 Å². The molecule has 0 atom stereocenters. The average molecular weight is 418 g/mol. The van der Waals surface area contributed by atoms with Crippen LogP contribution >= 0.6 is 23.8 Å². The van der Waals surface area contributed by atoms with E-state index < -0.39 is 0 Å². The van der Waals surface area contributed by atoms with Gasteiger partial charge < -0.3 is 15.5 Å². The summed E-state index contributed by atoms with van der Waals surface area (Å²) in [7, 11) is 1.89. The highest BCUT2D eigenvalue weighted by atomic mass is 32.1. The third kappa shape index (κ3) is 4.75. The summed E-state index contributed by atoms with van der Waals surface area (Å²) in [4.78, 5) is 5.11. The first kappa shape index (κ1) is 19.9. The number of rotatable bonds is 5. The molecule has 1 aliphatic heterocycles. The molecule has 0 spiro atoms. The number of aromatic nitrogens is 1. The molecule has 1 saturated carbocycles. The van der Waals surface area contributed by atoms with Crippen molar-refractivity contribution in [2.24, 2.45) is 5.92 Å². The molecule has 1 aliphatic carbocycles.